The average Bonchev–Trinajstić information content (AvgIpc) is 3.01. The highest BCUT2D eigenvalue weighted by molar-refractivity contribution is 7.99. The number of nitrogens with two attached hydrogens (primary N) is 1. The maximum Gasteiger partial charge on any atom is 0.233 e. The molecule has 1 aromatic heterocycles. The van der Waals surface area contributed by atoms with E-state index in [4.69, 9.17) is 10.6 Å². The van der Waals surface area contributed by atoms with Gasteiger partial charge in [-0.05, 0) is 64.3 Å². The van der Waals surface area contributed by atoms with Gasteiger partial charge in [0.2, 0.25) is 11.1 Å². The molecule has 1 fully saturated rings. The van der Waals surface area contributed by atoms with E-state index in [1.165, 1.54) is 22.9 Å². The van der Waals surface area contributed by atoms with Crippen LogP contribution in [0.2, 0.25) is 0 Å². The zero-order valence-corrected chi connectivity index (χ0v) is 16.9. The fraction of sp³-hybridized carbons (Fsp3) is 0.526. The van der Waals surface area contributed by atoms with Gasteiger partial charge in [0, 0.05) is 17.6 Å². The van der Waals surface area contributed by atoms with Crippen molar-refractivity contribution in [3.63, 3.8) is 0 Å². The van der Waals surface area contributed by atoms with Gasteiger partial charge < -0.3 is 15.5 Å². The highest BCUT2D eigenvalue weighted by Gasteiger charge is 2.29. The predicted octanol–water partition coefficient (Wildman–Crippen LogP) is 2.94. The first kappa shape index (κ1) is 19.5. The van der Waals surface area contributed by atoms with E-state index in [1.807, 2.05) is 36.1 Å². The SMILES string of the molecule is CCOc1ccc(-c2nnc(SCC(=O)N3[C@H](C)CCC[C@@H]3C)n2N)cc1. The summed E-state index contributed by atoms with van der Waals surface area (Å²) >= 11 is 1.33. The summed E-state index contributed by atoms with van der Waals surface area (Å²) in [6.07, 6.45) is 3.31. The number of rotatable bonds is 6. The van der Waals surface area contributed by atoms with E-state index in [9.17, 15) is 4.79 Å². The fourth-order valence-corrected chi connectivity index (χ4v) is 4.28. The van der Waals surface area contributed by atoms with Gasteiger partial charge in [0.15, 0.2) is 5.82 Å². The Hall–Kier alpha value is -2.22. The maximum absolute atomic E-state index is 12.7. The van der Waals surface area contributed by atoms with Crippen molar-refractivity contribution in [2.24, 2.45) is 0 Å². The van der Waals surface area contributed by atoms with Crippen LogP contribution in [-0.2, 0) is 4.79 Å². The van der Waals surface area contributed by atoms with E-state index in [2.05, 4.69) is 24.0 Å². The Balaban J connectivity index is 1.66. The Labute approximate surface area is 164 Å². The van der Waals surface area contributed by atoms with Crippen molar-refractivity contribution >= 4 is 17.7 Å². The number of ether oxygens (including phenoxy) is 1. The summed E-state index contributed by atoms with van der Waals surface area (Å²) < 4.78 is 6.89. The molecule has 0 unspecified atom stereocenters. The summed E-state index contributed by atoms with van der Waals surface area (Å²) in [5, 5.41) is 8.87. The minimum atomic E-state index is 0.130. The Bertz CT molecular complexity index is 767. The maximum atomic E-state index is 12.7. The van der Waals surface area contributed by atoms with Crippen LogP contribution in [0.5, 0.6) is 5.75 Å². The standard InChI is InChI=1S/C19H27N5O2S/c1-4-26-16-10-8-15(9-11-16)18-21-22-19(24(18)20)27-12-17(25)23-13(2)6-5-7-14(23)3/h8-11,13-14H,4-7,12,20H2,1-3H3/t13-,14+. The van der Waals surface area contributed by atoms with Crippen molar-refractivity contribution in [2.75, 3.05) is 18.2 Å². The van der Waals surface area contributed by atoms with E-state index in [1.54, 1.807) is 0 Å². The Morgan fingerprint density at radius 1 is 1.22 bits per heavy atom. The van der Waals surface area contributed by atoms with Crippen LogP contribution in [0.1, 0.15) is 40.0 Å². The summed E-state index contributed by atoms with van der Waals surface area (Å²) in [6, 6.07) is 8.13. The number of benzene rings is 1. The molecule has 1 saturated heterocycles. The number of amides is 1. The van der Waals surface area contributed by atoms with Crippen molar-refractivity contribution in [3.8, 4) is 17.1 Å². The van der Waals surface area contributed by atoms with E-state index in [0.29, 0.717) is 23.3 Å². The highest BCUT2D eigenvalue weighted by atomic mass is 32.2. The third-order valence-corrected chi connectivity index (χ3v) is 5.82. The minimum Gasteiger partial charge on any atom is -0.494 e. The van der Waals surface area contributed by atoms with Crippen LogP contribution < -0.4 is 10.6 Å². The van der Waals surface area contributed by atoms with E-state index < -0.39 is 0 Å². The minimum absolute atomic E-state index is 0.130. The van der Waals surface area contributed by atoms with Crippen LogP contribution in [0.25, 0.3) is 11.4 Å². The topological polar surface area (TPSA) is 86.3 Å². The summed E-state index contributed by atoms with van der Waals surface area (Å²) in [6.45, 7) is 6.80. The van der Waals surface area contributed by atoms with Crippen LogP contribution in [0.15, 0.2) is 29.4 Å². The van der Waals surface area contributed by atoms with E-state index in [0.717, 1.165) is 24.2 Å². The molecule has 1 aromatic carbocycles. The molecule has 1 amide bonds. The first-order valence-corrected chi connectivity index (χ1v) is 10.4. The number of carbonyl (C=O) groups excluding carboxylic acids is 1. The molecule has 1 aliphatic heterocycles. The summed E-state index contributed by atoms with van der Waals surface area (Å²) in [4.78, 5) is 14.7. The quantitative estimate of drug-likeness (QED) is 0.604. The Kier molecular flexibility index (Phi) is 6.26. The molecular formula is C19H27N5O2S. The third-order valence-electron chi connectivity index (χ3n) is 4.89. The molecule has 146 valence electrons. The van der Waals surface area contributed by atoms with Crippen LogP contribution in [-0.4, -0.2) is 50.1 Å². The number of aromatic nitrogens is 3. The number of hydrogen-bond acceptors (Lipinski definition) is 6. The molecule has 0 spiro atoms. The lowest BCUT2D eigenvalue weighted by Gasteiger charge is -2.39. The molecule has 0 aliphatic carbocycles. The number of nitrogens with zero attached hydrogens (tertiary/aromatic N) is 4. The second kappa shape index (κ2) is 8.65. The van der Waals surface area contributed by atoms with E-state index >= 15 is 0 Å². The molecular weight excluding hydrogens is 362 g/mol. The molecule has 2 aromatic rings. The molecule has 2 atom stereocenters. The number of likely N-dealkylation sites (tertiary alicyclic amines) is 1. The molecule has 27 heavy (non-hydrogen) atoms. The molecule has 0 radical (unpaired) electrons. The van der Waals surface area contributed by atoms with Gasteiger partial charge in [0.25, 0.3) is 0 Å². The largest absolute Gasteiger partial charge is 0.494 e. The first-order chi connectivity index (χ1) is 13.0. The van der Waals surface area contributed by atoms with Gasteiger partial charge in [0.05, 0.1) is 12.4 Å². The van der Waals surface area contributed by atoms with Crippen LogP contribution in [0.4, 0.5) is 0 Å². The molecule has 0 saturated carbocycles. The average molecular weight is 390 g/mol. The summed E-state index contributed by atoms with van der Waals surface area (Å²) in [7, 11) is 0. The molecule has 2 N–H and O–H groups in total. The predicted molar refractivity (Wildman–Crippen MR) is 107 cm³/mol. The molecule has 0 bridgehead atoms. The second-order valence-corrected chi connectivity index (χ2v) is 7.79. The highest BCUT2D eigenvalue weighted by Crippen LogP contribution is 2.26. The molecule has 1 aliphatic rings. The number of hydrogen-bond donors (Lipinski definition) is 1. The van der Waals surface area contributed by atoms with E-state index in [-0.39, 0.29) is 18.0 Å². The second-order valence-electron chi connectivity index (χ2n) is 6.85. The lowest BCUT2D eigenvalue weighted by Crippen LogP contribution is -2.48. The number of nitrogen functional groups attached to an aromatic ring is 1. The third kappa shape index (κ3) is 4.37. The number of piperidine rings is 1. The molecule has 3 rings (SSSR count). The van der Waals surface area contributed by atoms with Gasteiger partial charge in [-0.3, -0.25) is 4.79 Å². The Morgan fingerprint density at radius 2 is 1.89 bits per heavy atom. The molecule has 8 heteroatoms. The van der Waals surface area contributed by atoms with Crippen molar-refractivity contribution < 1.29 is 9.53 Å². The lowest BCUT2D eigenvalue weighted by molar-refractivity contribution is -0.134. The monoisotopic (exact) mass is 389 g/mol. The van der Waals surface area contributed by atoms with Gasteiger partial charge in [-0.25, -0.2) is 4.68 Å². The van der Waals surface area contributed by atoms with Crippen LogP contribution in [0.3, 0.4) is 0 Å². The molecule has 2 heterocycles. The fourth-order valence-electron chi connectivity index (χ4n) is 3.55. The van der Waals surface area contributed by atoms with Crippen LogP contribution >= 0.6 is 11.8 Å². The van der Waals surface area contributed by atoms with Crippen LogP contribution in [0, 0.1) is 0 Å². The lowest BCUT2D eigenvalue weighted by atomic mass is 9.98. The zero-order valence-electron chi connectivity index (χ0n) is 16.1. The van der Waals surface area contributed by atoms with Gasteiger partial charge in [0.1, 0.15) is 5.75 Å². The van der Waals surface area contributed by atoms with Gasteiger partial charge in [-0.1, -0.05) is 11.8 Å². The van der Waals surface area contributed by atoms with Gasteiger partial charge in [-0.2, -0.15) is 0 Å². The van der Waals surface area contributed by atoms with Crippen molar-refractivity contribution in [1.29, 1.82) is 0 Å². The van der Waals surface area contributed by atoms with Crippen molar-refractivity contribution in [3.05, 3.63) is 24.3 Å². The zero-order chi connectivity index (χ0) is 19.4. The van der Waals surface area contributed by atoms with Crippen molar-refractivity contribution in [2.45, 2.75) is 57.3 Å². The van der Waals surface area contributed by atoms with Gasteiger partial charge >= 0.3 is 0 Å². The summed E-state index contributed by atoms with van der Waals surface area (Å²) in [5.41, 5.74) is 0.852. The normalized spacial score (nSPS) is 19.9. The summed E-state index contributed by atoms with van der Waals surface area (Å²) in [5.74, 6) is 7.97. The first-order valence-electron chi connectivity index (χ1n) is 9.39. The van der Waals surface area contributed by atoms with Gasteiger partial charge in [-0.15, -0.1) is 10.2 Å². The number of thioether (sulfide) groups is 1. The molecule has 7 nitrogen and oxygen atoms in total. The van der Waals surface area contributed by atoms with Crippen molar-refractivity contribution in [1.82, 2.24) is 19.8 Å². The number of carbonyl (C=O) groups is 1. The Morgan fingerprint density at radius 3 is 2.52 bits per heavy atom. The smallest absolute Gasteiger partial charge is 0.233 e.